The second-order valence-electron chi connectivity index (χ2n) is 5.64. The summed E-state index contributed by atoms with van der Waals surface area (Å²) in [6.07, 6.45) is 5.41. The fourth-order valence-electron chi connectivity index (χ4n) is 2.92. The number of ether oxygens (including phenoxy) is 1. The van der Waals surface area contributed by atoms with Crippen molar-refractivity contribution in [2.45, 2.75) is 31.7 Å². The van der Waals surface area contributed by atoms with Crippen LogP contribution in [0.1, 0.15) is 25.7 Å². The molecule has 0 saturated carbocycles. The molecule has 0 spiro atoms. The van der Waals surface area contributed by atoms with E-state index < -0.39 is 0 Å². The maximum Gasteiger partial charge on any atom is 0.0594 e. The molecule has 1 unspecified atom stereocenters. The molecule has 1 atom stereocenters. The minimum atomic E-state index is 0.766. The number of nitrogens with one attached hydrogen (secondary N) is 1. The Bertz CT molecular complexity index is 219. The fraction of sp³-hybridized carbons (Fsp3) is 1.00. The van der Waals surface area contributed by atoms with Crippen LogP contribution in [-0.4, -0.2) is 75.4 Å². The van der Waals surface area contributed by atoms with Crippen LogP contribution >= 0.6 is 0 Å². The predicted octanol–water partition coefficient (Wildman–Crippen LogP) is 0.783. The summed E-state index contributed by atoms with van der Waals surface area (Å²) in [7, 11) is 2.26. The molecule has 0 bridgehead atoms. The summed E-state index contributed by atoms with van der Waals surface area (Å²) in [5.41, 5.74) is 0. The average molecular weight is 255 g/mol. The van der Waals surface area contributed by atoms with Crippen LogP contribution in [0.25, 0.3) is 0 Å². The Labute approximate surface area is 112 Å². The zero-order valence-electron chi connectivity index (χ0n) is 11.9. The third-order valence-electron chi connectivity index (χ3n) is 4.23. The van der Waals surface area contributed by atoms with Gasteiger partial charge in [0.05, 0.1) is 13.2 Å². The van der Waals surface area contributed by atoms with E-state index in [0.717, 1.165) is 38.9 Å². The summed E-state index contributed by atoms with van der Waals surface area (Å²) in [5.74, 6) is 0. The number of hydrogen-bond donors (Lipinski definition) is 1. The zero-order chi connectivity index (χ0) is 12.6. The van der Waals surface area contributed by atoms with Crippen molar-refractivity contribution in [2.24, 2.45) is 0 Å². The molecular formula is C14H29N3O. The highest BCUT2D eigenvalue weighted by Crippen LogP contribution is 2.13. The molecule has 18 heavy (non-hydrogen) atoms. The van der Waals surface area contributed by atoms with Crippen molar-refractivity contribution in [3.63, 3.8) is 0 Å². The van der Waals surface area contributed by atoms with Crippen LogP contribution in [0.5, 0.6) is 0 Å². The Morgan fingerprint density at radius 2 is 2.00 bits per heavy atom. The van der Waals surface area contributed by atoms with E-state index in [1.165, 1.54) is 45.3 Å². The molecule has 0 aromatic heterocycles. The first-order valence-corrected chi connectivity index (χ1v) is 7.57. The number of likely N-dealkylation sites (tertiary alicyclic amines) is 1. The van der Waals surface area contributed by atoms with Crippen LogP contribution in [0.15, 0.2) is 0 Å². The van der Waals surface area contributed by atoms with E-state index in [1.54, 1.807) is 0 Å². The van der Waals surface area contributed by atoms with Crippen molar-refractivity contribution in [1.29, 1.82) is 0 Å². The highest BCUT2D eigenvalue weighted by molar-refractivity contribution is 4.76. The zero-order valence-corrected chi connectivity index (χ0v) is 11.9. The minimum Gasteiger partial charge on any atom is -0.379 e. The van der Waals surface area contributed by atoms with E-state index in [9.17, 15) is 0 Å². The number of likely N-dealkylation sites (N-methyl/N-ethyl adjacent to an activating group) is 1. The molecule has 2 fully saturated rings. The summed E-state index contributed by atoms with van der Waals surface area (Å²) < 4.78 is 5.36. The molecule has 2 aliphatic heterocycles. The van der Waals surface area contributed by atoms with Crippen molar-refractivity contribution in [3.05, 3.63) is 0 Å². The Kier molecular flexibility index (Phi) is 6.41. The molecule has 0 aliphatic carbocycles. The lowest BCUT2D eigenvalue weighted by atomic mass is 10.0. The van der Waals surface area contributed by atoms with Gasteiger partial charge in [-0.1, -0.05) is 6.42 Å². The van der Waals surface area contributed by atoms with Gasteiger partial charge in [-0.2, -0.15) is 0 Å². The molecule has 1 N–H and O–H groups in total. The molecule has 0 radical (unpaired) electrons. The van der Waals surface area contributed by atoms with E-state index in [4.69, 9.17) is 4.74 Å². The average Bonchev–Trinajstić information content (AvgIpc) is 2.42. The molecule has 0 amide bonds. The Hall–Kier alpha value is -0.160. The van der Waals surface area contributed by atoms with Gasteiger partial charge in [-0.25, -0.2) is 0 Å². The maximum absolute atomic E-state index is 5.36. The molecule has 2 aliphatic rings. The van der Waals surface area contributed by atoms with Gasteiger partial charge in [0.25, 0.3) is 0 Å². The largest absolute Gasteiger partial charge is 0.379 e. The third kappa shape index (κ3) is 4.84. The normalized spacial score (nSPS) is 27.5. The summed E-state index contributed by atoms with van der Waals surface area (Å²) >= 11 is 0. The molecule has 4 heteroatoms. The van der Waals surface area contributed by atoms with Crippen LogP contribution in [-0.2, 0) is 4.74 Å². The molecule has 2 saturated heterocycles. The van der Waals surface area contributed by atoms with Crippen LogP contribution in [0.3, 0.4) is 0 Å². The highest BCUT2D eigenvalue weighted by atomic mass is 16.5. The third-order valence-corrected chi connectivity index (χ3v) is 4.23. The van der Waals surface area contributed by atoms with E-state index in [-0.39, 0.29) is 0 Å². The Balaban J connectivity index is 1.47. The molecule has 4 nitrogen and oxygen atoms in total. The molecule has 0 aromatic rings. The smallest absolute Gasteiger partial charge is 0.0594 e. The Morgan fingerprint density at radius 1 is 1.17 bits per heavy atom. The number of hydrogen-bond acceptors (Lipinski definition) is 4. The van der Waals surface area contributed by atoms with Gasteiger partial charge in [-0.05, 0) is 45.9 Å². The van der Waals surface area contributed by atoms with Crippen LogP contribution in [0.2, 0.25) is 0 Å². The number of morpholine rings is 1. The van der Waals surface area contributed by atoms with Crippen LogP contribution in [0, 0.1) is 0 Å². The van der Waals surface area contributed by atoms with E-state index in [0.29, 0.717) is 0 Å². The summed E-state index contributed by atoms with van der Waals surface area (Å²) in [5, 5.41) is 3.63. The molecule has 0 aromatic carbocycles. The van der Waals surface area contributed by atoms with Gasteiger partial charge < -0.3 is 15.0 Å². The fourth-order valence-corrected chi connectivity index (χ4v) is 2.92. The quantitative estimate of drug-likeness (QED) is 0.710. The van der Waals surface area contributed by atoms with Gasteiger partial charge in [0.1, 0.15) is 0 Å². The van der Waals surface area contributed by atoms with Gasteiger partial charge >= 0.3 is 0 Å². The second-order valence-corrected chi connectivity index (χ2v) is 5.64. The van der Waals surface area contributed by atoms with Gasteiger partial charge in [0.15, 0.2) is 0 Å². The standard InChI is InChI=1S/C14H29N3O/c1-16-7-3-2-5-14(16)13-15-6-4-8-17-9-11-18-12-10-17/h14-15H,2-13H2,1H3. The summed E-state index contributed by atoms with van der Waals surface area (Å²) in [6.45, 7) is 8.88. The van der Waals surface area contributed by atoms with Crippen molar-refractivity contribution in [2.75, 3.05) is 59.5 Å². The van der Waals surface area contributed by atoms with Gasteiger partial charge in [-0.15, -0.1) is 0 Å². The first-order chi connectivity index (χ1) is 8.86. The highest BCUT2D eigenvalue weighted by Gasteiger charge is 2.17. The van der Waals surface area contributed by atoms with Crippen LogP contribution < -0.4 is 5.32 Å². The first-order valence-electron chi connectivity index (χ1n) is 7.57. The predicted molar refractivity (Wildman–Crippen MR) is 75.0 cm³/mol. The summed E-state index contributed by atoms with van der Waals surface area (Å²) in [4.78, 5) is 5.02. The van der Waals surface area contributed by atoms with Crippen molar-refractivity contribution >= 4 is 0 Å². The molecular weight excluding hydrogens is 226 g/mol. The second kappa shape index (κ2) is 8.10. The number of nitrogens with zero attached hydrogens (tertiary/aromatic N) is 2. The monoisotopic (exact) mass is 255 g/mol. The van der Waals surface area contributed by atoms with Gasteiger partial charge in [0, 0.05) is 25.7 Å². The van der Waals surface area contributed by atoms with Crippen molar-refractivity contribution in [1.82, 2.24) is 15.1 Å². The van der Waals surface area contributed by atoms with E-state index in [1.807, 2.05) is 0 Å². The Morgan fingerprint density at radius 3 is 2.78 bits per heavy atom. The van der Waals surface area contributed by atoms with Gasteiger partial charge in [-0.3, -0.25) is 4.90 Å². The number of piperidine rings is 1. The minimum absolute atomic E-state index is 0.766. The molecule has 2 rings (SSSR count). The molecule has 2 heterocycles. The SMILES string of the molecule is CN1CCCCC1CNCCCN1CCOCC1. The lowest BCUT2D eigenvalue weighted by Crippen LogP contribution is -2.43. The lowest BCUT2D eigenvalue weighted by molar-refractivity contribution is 0.0374. The van der Waals surface area contributed by atoms with Crippen molar-refractivity contribution < 1.29 is 4.74 Å². The lowest BCUT2D eigenvalue weighted by Gasteiger charge is -2.32. The van der Waals surface area contributed by atoms with Crippen molar-refractivity contribution in [3.8, 4) is 0 Å². The molecule has 106 valence electrons. The van der Waals surface area contributed by atoms with E-state index >= 15 is 0 Å². The maximum atomic E-state index is 5.36. The summed E-state index contributed by atoms with van der Waals surface area (Å²) in [6, 6.07) is 0.766. The first kappa shape index (κ1) is 14.3. The number of rotatable bonds is 6. The van der Waals surface area contributed by atoms with Crippen LogP contribution in [0.4, 0.5) is 0 Å². The van der Waals surface area contributed by atoms with E-state index in [2.05, 4.69) is 22.2 Å². The van der Waals surface area contributed by atoms with Gasteiger partial charge in [0.2, 0.25) is 0 Å². The topological polar surface area (TPSA) is 27.7 Å².